The third-order valence-corrected chi connectivity index (χ3v) is 4.36. The Kier molecular flexibility index (Phi) is 4.21. The Morgan fingerprint density at radius 3 is 2.74 bits per heavy atom. The molecule has 0 fully saturated rings. The molecule has 6 heteroatoms. The molecular formula is C13H13BrN2O2S. The average Bonchev–Trinajstić information content (AvgIpc) is 2.38. The van der Waals surface area contributed by atoms with Crippen LogP contribution in [0.2, 0.25) is 0 Å². The van der Waals surface area contributed by atoms with Crippen LogP contribution in [-0.4, -0.2) is 13.4 Å². The van der Waals surface area contributed by atoms with E-state index in [-0.39, 0.29) is 4.90 Å². The fraction of sp³-hybridized carbons (Fsp3) is 0.154. The maximum absolute atomic E-state index is 12.2. The molecule has 100 valence electrons. The molecule has 2 rings (SSSR count). The van der Waals surface area contributed by atoms with Crippen LogP contribution in [0.5, 0.6) is 0 Å². The van der Waals surface area contributed by atoms with E-state index >= 15 is 0 Å². The zero-order chi connectivity index (χ0) is 13.9. The maximum atomic E-state index is 12.2. The molecule has 1 N–H and O–H groups in total. The summed E-state index contributed by atoms with van der Waals surface area (Å²) in [6.07, 6.45) is 3.71. The molecular weight excluding hydrogens is 328 g/mol. The van der Waals surface area contributed by atoms with Crippen LogP contribution in [0.4, 0.5) is 5.69 Å². The molecule has 2 aromatic rings. The Bertz CT molecular complexity index is 687. The number of hydrogen-bond acceptors (Lipinski definition) is 3. The van der Waals surface area contributed by atoms with E-state index in [0.717, 1.165) is 12.0 Å². The van der Waals surface area contributed by atoms with Gasteiger partial charge in [-0.1, -0.05) is 19.1 Å². The van der Waals surface area contributed by atoms with Crippen molar-refractivity contribution in [1.29, 1.82) is 0 Å². The molecule has 0 atom stereocenters. The summed E-state index contributed by atoms with van der Waals surface area (Å²) in [5.74, 6) is 0. The minimum absolute atomic E-state index is 0.128. The summed E-state index contributed by atoms with van der Waals surface area (Å²) in [5, 5.41) is 0. The summed E-state index contributed by atoms with van der Waals surface area (Å²) < 4.78 is 27.5. The number of aryl methyl sites for hydroxylation is 1. The van der Waals surface area contributed by atoms with Crippen molar-refractivity contribution in [2.24, 2.45) is 0 Å². The molecule has 0 aliphatic carbocycles. The van der Waals surface area contributed by atoms with Crippen molar-refractivity contribution in [1.82, 2.24) is 4.98 Å². The number of pyridine rings is 1. The Hall–Kier alpha value is -1.40. The predicted molar refractivity (Wildman–Crippen MR) is 78.6 cm³/mol. The van der Waals surface area contributed by atoms with Gasteiger partial charge in [0.05, 0.1) is 0 Å². The van der Waals surface area contributed by atoms with Crippen molar-refractivity contribution in [2.45, 2.75) is 18.2 Å². The smallest absolute Gasteiger partial charge is 0.263 e. The molecule has 1 aromatic heterocycles. The highest BCUT2D eigenvalue weighted by Crippen LogP contribution is 2.19. The van der Waals surface area contributed by atoms with Crippen molar-refractivity contribution in [3.05, 3.63) is 52.8 Å². The first-order valence-electron chi connectivity index (χ1n) is 5.73. The number of nitrogens with one attached hydrogen (secondary N) is 1. The summed E-state index contributed by atoms with van der Waals surface area (Å²) >= 11 is 3.21. The largest absolute Gasteiger partial charge is 0.280 e. The van der Waals surface area contributed by atoms with Crippen LogP contribution in [0.25, 0.3) is 0 Å². The van der Waals surface area contributed by atoms with Crippen LogP contribution in [0.3, 0.4) is 0 Å². The van der Waals surface area contributed by atoms with E-state index in [9.17, 15) is 8.42 Å². The highest BCUT2D eigenvalue weighted by Gasteiger charge is 2.15. The fourth-order valence-corrected chi connectivity index (χ4v) is 3.16. The van der Waals surface area contributed by atoms with Gasteiger partial charge in [-0.15, -0.1) is 0 Å². The minimum Gasteiger partial charge on any atom is -0.280 e. The monoisotopic (exact) mass is 340 g/mol. The van der Waals surface area contributed by atoms with Crippen molar-refractivity contribution < 1.29 is 8.42 Å². The Morgan fingerprint density at radius 1 is 1.26 bits per heavy atom. The molecule has 0 aliphatic rings. The van der Waals surface area contributed by atoms with Gasteiger partial charge in [0.2, 0.25) is 0 Å². The zero-order valence-corrected chi connectivity index (χ0v) is 12.7. The van der Waals surface area contributed by atoms with Crippen LogP contribution in [-0.2, 0) is 16.4 Å². The summed E-state index contributed by atoms with van der Waals surface area (Å²) in [4.78, 5) is 3.99. The van der Waals surface area contributed by atoms with Crippen LogP contribution in [0, 0.1) is 0 Å². The Morgan fingerprint density at radius 2 is 2.05 bits per heavy atom. The summed E-state index contributed by atoms with van der Waals surface area (Å²) in [6, 6.07) is 8.85. The average molecular weight is 341 g/mol. The van der Waals surface area contributed by atoms with Gasteiger partial charge in [0.25, 0.3) is 10.0 Å². The van der Waals surface area contributed by atoms with E-state index in [0.29, 0.717) is 10.2 Å². The number of halogens is 1. The van der Waals surface area contributed by atoms with E-state index < -0.39 is 10.0 Å². The molecule has 0 aliphatic heterocycles. The third kappa shape index (κ3) is 3.54. The van der Waals surface area contributed by atoms with Gasteiger partial charge in [-0.2, -0.15) is 0 Å². The number of sulfonamides is 1. The number of benzene rings is 1. The van der Waals surface area contributed by atoms with Gasteiger partial charge >= 0.3 is 0 Å². The van der Waals surface area contributed by atoms with Gasteiger partial charge in [0, 0.05) is 22.6 Å². The van der Waals surface area contributed by atoms with E-state index in [4.69, 9.17) is 0 Å². The first-order valence-corrected chi connectivity index (χ1v) is 8.01. The molecule has 19 heavy (non-hydrogen) atoms. The van der Waals surface area contributed by atoms with Crippen molar-refractivity contribution >= 4 is 31.6 Å². The second kappa shape index (κ2) is 5.71. The maximum Gasteiger partial charge on any atom is 0.263 e. The molecule has 4 nitrogen and oxygen atoms in total. The molecule has 0 unspecified atom stereocenters. The normalized spacial score (nSPS) is 11.3. The summed E-state index contributed by atoms with van der Waals surface area (Å²) in [7, 11) is -3.60. The number of aromatic nitrogens is 1. The molecule has 0 spiro atoms. The van der Waals surface area contributed by atoms with Crippen molar-refractivity contribution in [3.8, 4) is 0 Å². The van der Waals surface area contributed by atoms with Gasteiger partial charge in [0.1, 0.15) is 4.90 Å². The predicted octanol–water partition coefficient (Wildman–Crippen LogP) is 3.21. The lowest BCUT2D eigenvalue weighted by atomic mass is 10.1. The Balaban J connectivity index is 2.31. The quantitative estimate of drug-likeness (QED) is 0.929. The molecule has 1 aromatic carbocycles. The fourth-order valence-electron chi connectivity index (χ4n) is 1.61. The second-order valence-corrected chi connectivity index (χ2v) is 6.60. The number of nitrogens with zero attached hydrogens (tertiary/aromatic N) is 1. The standard InChI is InChI=1S/C13H13BrN2O2S/c1-2-10-4-3-5-12(6-10)16-19(17,18)13-7-11(14)8-15-9-13/h3-9,16H,2H2,1H3. The Labute approximate surface area is 121 Å². The zero-order valence-electron chi connectivity index (χ0n) is 10.3. The first-order chi connectivity index (χ1) is 9.01. The lowest BCUT2D eigenvalue weighted by molar-refractivity contribution is 0.600. The third-order valence-electron chi connectivity index (χ3n) is 2.58. The number of rotatable bonds is 4. The van der Waals surface area contributed by atoms with Crippen molar-refractivity contribution in [2.75, 3.05) is 4.72 Å². The van der Waals surface area contributed by atoms with Crippen LogP contribution >= 0.6 is 15.9 Å². The molecule has 0 saturated heterocycles. The molecule has 0 bridgehead atoms. The molecule has 0 saturated carbocycles. The van der Waals surface area contributed by atoms with Crippen LogP contribution < -0.4 is 4.72 Å². The van der Waals surface area contributed by atoms with E-state index in [2.05, 4.69) is 25.6 Å². The minimum atomic E-state index is -3.60. The van der Waals surface area contributed by atoms with Gasteiger partial charge in [-0.05, 0) is 46.1 Å². The van der Waals surface area contributed by atoms with Gasteiger partial charge in [-0.25, -0.2) is 8.42 Å². The summed E-state index contributed by atoms with van der Waals surface area (Å²) in [5.41, 5.74) is 1.63. The topological polar surface area (TPSA) is 59.1 Å². The first kappa shape index (κ1) is 14.0. The van der Waals surface area contributed by atoms with Crippen LogP contribution in [0.15, 0.2) is 52.1 Å². The lowest BCUT2D eigenvalue weighted by Gasteiger charge is -2.09. The highest BCUT2D eigenvalue weighted by atomic mass is 79.9. The lowest BCUT2D eigenvalue weighted by Crippen LogP contribution is -2.13. The molecule has 0 radical (unpaired) electrons. The van der Waals surface area contributed by atoms with E-state index in [1.165, 1.54) is 18.5 Å². The van der Waals surface area contributed by atoms with Crippen LogP contribution in [0.1, 0.15) is 12.5 Å². The SMILES string of the molecule is CCc1cccc(NS(=O)(=O)c2cncc(Br)c2)c1. The summed E-state index contributed by atoms with van der Waals surface area (Å²) in [6.45, 7) is 2.02. The van der Waals surface area contributed by atoms with Crippen molar-refractivity contribution in [3.63, 3.8) is 0 Å². The molecule has 1 heterocycles. The number of anilines is 1. The van der Waals surface area contributed by atoms with E-state index in [1.54, 1.807) is 6.07 Å². The van der Waals surface area contributed by atoms with E-state index in [1.807, 2.05) is 25.1 Å². The number of hydrogen-bond donors (Lipinski definition) is 1. The second-order valence-electron chi connectivity index (χ2n) is 4.00. The van der Waals surface area contributed by atoms with Gasteiger partial charge < -0.3 is 0 Å². The van der Waals surface area contributed by atoms with Gasteiger partial charge in [0.15, 0.2) is 0 Å². The highest BCUT2D eigenvalue weighted by molar-refractivity contribution is 9.10. The van der Waals surface area contributed by atoms with Gasteiger partial charge in [-0.3, -0.25) is 9.71 Å². The molecule has 0 amide bonds.